The minimum atomic E-state index is -0.877. The van der Waals surface area contributed by atoms with E-state index in [2.05, 4.69) is 0 Å². The number of hydrogen-bond donors (Lipinski definition) is 3. The summed E-state index contributed by atoms with van der Waals surface area (Å²) in [5, 5.41) is 27.0. The average molecular weight is 256 g/mol. The summed E-state index contributed by atoms with van der Waals surface area (Å²) >= 11 is 0. The Labute approximate surface area is 105 Å². The van der Waals surface area contributed by atoms with E-state index in [0.717, 1.165) is 0 Å². The van der Waals surface area contributed by atoms with Crippen molar-refractivity contribution in [3.05, 3.63) is 18.0 Å². The van der Waals surface area contributed by atoms with Crippen LogP contribution in [0.25, 0.3) is 0 Å². The van der Waals surface area contributed by atoms with E-state index in [9.17, 15) is 9.90 Å². The molecular weight excluding hydrogens is 238 g/mol. The van der Waals surface area contributed by atoms with Gasteiger partial charge in [-0.05, 0) is 0 Å². The smallest absolute Gasteiger partial charge is 0.309 e. The molecule has 6 heteroatoms. The van der Waals surface area contributed by atoms with Crippen molar-refractivity contribution in [1.82, 2.24) is 0 Å². The van der Waals surface area contributed by atoms with Crippen molar-refractivity contribution in [1.29, 1.82) is 0 Å². The number of hydrogen-bond acceptors (Lipinski definition) is 4. The van der Waals surface area contributed by atoms with E-state index in [4.69, 9.17) is 14.9 Å². The number of aliphatic hydroxyl groups is 1. The molecule has 18 heavy (non-hydrogen) atoms. The van der Waals surface area contributed by atoms with Crippen molar-refractivity contribution in [3.63, 3.8) is 0 Å². The summed E-state index contributed by atoms with van der Waals surface area (Å²) < 4.78 is 7.09. The first kappa shape index (κ1) is 14.2. The number of ether oxygens (including phenoxy) is 1. The number of carboxylic acids is 1. The molecule has 0 amide bonds. The molecule has 0 aromatic carbocycles. The molecule has 0 spiro atoms. The summed E-state index contributed by atoms with van der Waals surface area (Å²) in [4.78, 5) is 10.5. The van der Waals surface area contributed by atoms with Gasteiger partial charge in [-0.15, -0.1) is 0 Å². The third kappa shape index (κ3) is 3.89. The second kappa shape index (κ2) is 6.80. The lowest BCUT2D eigenvalue weighted by molar-refractivity contribution is -0.702. The van der Waals surface area contributed by atoms with E-state index in [0.29, 0.717) is 31.0 Å². The van der Waals surface area contributed by atoms with Crippen molar-refractivity contribution in [2.24, 2.45) is 0 Å². The predicted molar refractivity (Wildman–Crippen MR) is 62.5 cm³/mol. The first-order chi connectivity index (χ1) is 8.56. The van der Waals surface area contributed by atoms with Crippen molar-refractivity contribution >= 4 is 5.97 Å². The van der Waals surface area contributed by atoms with Gasteiger partial charge in [0.15, 0.2) is 18.5 Å². The number of carboxylic acid groups (broad SMARTS) is 1. The molecule has 0 bridgehead atoms. The highest BCUT2D eigenvalue weighted by Crippen LogP contribution is 2.26. The molecular formula is C12H18NO5+. The van der Waals surface area contributed by atoms with Gasteiger partial charge in [0, 0.05) is 26.0 Å². The quantitative estimate of drug-likeness (QED) is 0.479. The van der Waals surface area contributed by atoms with Gasteiger partial charge in [0.1, 0.15) is 6.42 Å². The Bertz CT molecular complexity index is 419. The predicted octanol–water partition coefficient (Wildman–Crippen LogP) is 0.224. The minimum absolute atomic E-state index is 0.00631. The molecule has 0 saturated carbocycles. The molecule has 0 fully saturated rings. The van der Waals surface area contributed by atoms with Gasteiger partial charge in [0.25, 0.3) is 0 Å². The van der Waals surface area contributed by atoms with Gasteiger partial charge in [-0.3, -0.25) is 4.79 Å². The molecule has 0 aliphatic rings. The molecule has 0 aliphatic heterocycles. The maximum Gasteiger partial charge on any atom is 0.309 e. The SMILES string of the molecule is Cc1c(OCCCO)c(O)cc[n+]1CCC(=O)O. The normalized spacial score (nSPS) is 10.3. The molecule has 1 heterocycles. The maximum absolute atomic E-state index is 10.5. The second-order valence-electron chi connectivity index (χ2n) is 3.88. The average Bonchev–Trinajstić information content (AvgIpc) is 2.32. The van der Waals surface area contributed by atoms with E-state index in [-0.39, 0.29) is 18.8 Å². The lowest BCUT2D eigenvalue weighted by Crippen LogP contribution is -2.38. The topological polar surface area (TPSA) is 90.9 Å². The minimum Gasteiger partial charge on any atom is -0.504 e. The summed E-state index contributed by atoms with van der Waals surface area (Å²) in [5.74, 6) is -0.536. The summed E-state index contributed by atoms with van der Waals surface area (Å²) in [6.07, 6.45) is 2.10. The summed E-state index contributed by atoms with van der Waals surface area (Å²) in [5.41, 5.74) is 0.661. The van der Waals surface area contributed by atoms with Crippen LogP contribution in [0.3, 0.4) is 0 Å². The molecule has 0 saturated heterocycles. The number of aliphatic hydroxyl groups excluding tert-OH is 1. The molecule has 0 radical (unpaired) electrons. The lowest BCUT2D eigenvalue weighted by Gasteiger charge is -2.09. The molecule has 1 rings (SSSR count). The van der Waals surface area contributed by atoms with Crippen molar-refractivity contribution in [3.8, 4) is 11.5 Å². The number of aryl methyl sites for hydroxylation is 1. The highest BCUT2D eigenvalue weighted by Gasteiger charge is 2.18. The Morgan fingerprint density at radius 2 is 2.22 bits per heavy atom. The van der Waals surface area contributed by atoms with Gasteiger partial charge in [-0.25, -0.2) is 0 Å². The molecule has 100 valence electrons. The molecule has 1 aromatic rings. The van der Waals surface area contributed by atoms with E-state index in [1.807, 2.05) is 0 Å². The van der Waals surface area contributed by atoms with Crippen molar-refractivity contribution in [2.45, 2.75) is 26.3 Å². The fourth-order valence-electron chi connectivity index (χ4n) is 1.54. The van der Waals surface area contributed by atoms with Crippen LogP contribution in [0.5, 0.6) is 11.5 Å². The number of nitrogens with zero attached hydrogens (tertiary/aromatic N) is 1. The first-order valence-electron chi connectivity index (χ1n) is 5.73. The number of aromatic hydroxyl groups is 1. The highest BCUT2D eigenvalue weighted by atomic mass is 16.5. The molecule has 3 N–H and O–H groups in total. The summed E-state index contributed by atoms with van der Waals surface area (Å²) in [7, 11) is 0. The third-order valence-corrected chi connectivity index (χ3v) is 2.52. The fraction of sp³-hybridized carbons (Fsp3) is 0.500. The zero-order chi connectivity index (χ0) is 13.5. The van der Waals surface area contributed by atoms with Gasteiger partial charge in [0.05, 0.1) is 6.61 Å². The van der Waals surface area contributed by atoms with Gasteiger partial charge in [0.2, 0.25) is 11.4 Å². The zero-order valence-electron chi connectivity index (χ0n) is 10.3. The van der Waals surface area contributed by atoms with E-state index in [1.165, 1.54) is 6.07 Å². The lowest BCUT2D eigenvalue weighted by atomic mass is 10.3. The van der Waals surface area contributed by atoms with Crippen LogP contribution >= 0.6 is 0 Å². The van der Waals surface area contributed by atoms with Crippen LogP contribution in [0.1, 0.15) is 18.5 Å². The van der Waals surface area contributed by atoms with Crippen LogP contribution < -0.4 is 9.30 Å². The number of rotatable bonds is 7. The van der Waals surface area contributed by atoms with Crippen molar-refractivity contribution < 1.29 is 29.4 Å². The molecule has 1 aromatic heterocycles. The number of pyridine rings is 1. The largest absolute Gasteiger partial charge is 0.504 e. The number of aliphatic carboxylic acids is 1. The fourth-order valence-corrected chi connectivity index (χ4v) is 1.54. The van der Waals surface area contributed by atoms with Crippen LogP contribution in [0.2, 0.25) is 0 Å². The first-order valence-corrected chi connectivity index (χ1v) is 5.73. The Balaban J connectivity index is 2.81. The van der Waals surface area contributed by atoms with Gasteiger partial charge >= 0.3 is 5.97 Å². The molecule has 6 nitrogen and oxygen atoms in total. The van der Waals surface area contributed by atoms with Gasteiger partial charge in [-0.1, -0.05) is 0 Å². The monoisotopic (exact) mass is 256 g/mol. The van der Waals surface area contributed by atoms with E-state index >= 15 is 0 Å². The Kier molecular flexibility index (Phi) is 5.38. The van der Waals surface area contributed by atoms with Crippen molar-refractivity contribution in [2.75, 3.05) is 13.2 Å². The molecule has 0 aliphatic carbocycles. The van der Waals surface area contributed by atoms with Crippen LogP contribution in [0.15, 0.2) is 12.3 Å². The molecule has 0 atom stereocenters. The van der Waals surface area contributed by atoms with Crippen LogP contribution in [-0.2, 0) is 11.3 Å². The maximum atomic E-state index is 10.5. The number of aromatic nitrogens is 1. The zero-order valence-corrected chi connectivity index (χ0v) is 10.3. The standard InChI is InChI=1S/C12H17NO5/c1-9-12(18-8-2-7-14)10(15)3-5-13(9)6-4-11(16)17/h3,5,14H,2,4,6-8H2,1H3,(H,16,17)/p+1. The Hall–Kier alpha value is -1.82. The highest BCUT2D eigenvalue weighted by molar-refractivity contribution is 5.66. The van der Waals surface area contributed by atoms with E-state index in [1.54, 1.807) is 17.7 Å². The van der Waals surface area contributed by atoms with Crippen LogP contribution in [-0.4, -0.2) is 34.5 Å². The van der Waals surface area contributed by atoms with E-state index < -0.39 is 5.97 Å². The van der Waals surface area contributed by atoms with Gasteiger partial charge < -0.3 is 20.1 Å². The molecule has 0 unspecified atom stereocenters. The second-order valence-corrected chi connectivity index (χ2v) is 3.88. The summed E-state index contributed by atoms with van der Waals surface area (Å²) in [6.45, 7) is 2.38. The third-order valence-electron chi connectivity index (χ3n) is 2.52. The Morgan fingerprint density at radius 1 is 1.50 bits per heavy atom. The Morgan fingerprint density at radius 3 is 2.83 bits per heavy atom. The van der Waals surface area contributed by atoms with Crippen LogP contribution in [0, 0.1) is 6.92 Å². The summed E-state index contributed by atoms with van der Waals surface area (Å²) in [6, 6.07) is 1.46. The van der Waals surface area contributed by atoms with Crippen LogP contribution in [0.4, 0.5) is 0 Å². The van der Waals surface area contributed by atoms with Gasteiger partial charge in [-0.2, -0.15) is 4.57 Å². The number of carbonyl (C=O) groups is 1.